The maximum atomic E-state index is 10.0. The smallest absolute Gasteiger partial charge is 0.122 e. The molecule has 1 heterocycles. The first-order valence-electron chi connectivity index (χ1n) is 5.24. The van der Waals surface area contributed by atoms with Crippen LogP contribution >= 0.6 is 28.6 Å². The fourth-order valence-electron chi connectivity index (χ4n) is 1.71. The van der Waals surface area contributed by atoms with Crippen LogP contribution in [0.1, 0.15) is 18.2 Å². The number of aromatic amines is 1. The molecule has 2 atom stereocenters. The molecule has 3 N–H and O–H groups in total. The van der Waals surface area contributed by atoms with Gasteiger partial charge in [-0.05, 0) is 30.4 Å². The zero-order valence-electron chi connectivity index (χ0n) is 8.97. The quantitative estimate of drug-likeness (QED) is 0.652. The van der Waals surface area contributed by atoms with E-state index in [1.54, 1.807) is 0 Å². The molecule has 0 spiro atoms. The SMILES string of the molecule is OC(CCS)C(O)c1[nH]nc2cc(Br)ccc12. The van der Waals surface area contributed by atoms with Gasteiger partial charge in [-0.3, -0.25) is 5.10 Å². The molecule has 2 aromatic rings. The van der Waals surface area contributed by atoms with E-state index in [0.717, 1.165) is 15.4 Å². The van der Waals surface area contributed by atoms with Crippen LogP contribution in [-0.2, 0) is 0 Å². The van der Waals surface area contributed by atoms with Gasteiger partial charge >= 0.3 is 0 Å². The van der Waals surface area contributed by atoms with Gasteiger partial charge in [0.2, 0.25) is 0 Å². The fourth-order valence-corrected chi connectivity index (χ4v) is 2.33. The minimum atomic E-state index is -0.965. The number of H-pyrrole nitrogens is 1. The molecule has 0 aliphatic heterocycles. The van der Waals surface area contributed by atoms with E-state index in [0.29, 0.717) is 17.9 Å². The lowest BCUT2D eigenvalue weighted by atomic mass is 10.1. The molecule has 0 amide bonds. The van der Waals surface area contributed by atoms with E-state index in [4.69, 9.17) is 0 Å². The van der Waals surface area contributed by atoms with Crippen LogP contribution in [0.5, 0.6) is 0 Å². The van der Waals surface area contributed by atoms with Crippen molar-refractivity contribution in [1.29, 1.82) is 0 Å². The number of fused-ring (bicyclic) bond motifs is 1. The summed E-state index contributed by atoms with van der Waals surface area (Å²) in [6, 6.07) is 5.58. The second-order valence-electron chi connectivity index (χ2n) is 3.82. The Morgan fingerprint density at radius 3 is 2.88 bits per heavy atom. The van der Waals surface area contributed by atoms with Gasteiger partial charge in [0.1, 0.15) is 6.10 Å². The molecule has 92 valence electrons. The molecular weight excluding hydrogens is 304 g/mol. The van der Waals surface area contributed by atoms with E-state index in [1.807, 2.05) is 18.2 Å². The van der Waals surface area contributed by atoms with Crippen molar-refractivity contribution in [3.63, 3.8) is 0 Å². The van der Waals surface area contributed by atoms with Crippen LogP contribution in [0.3, 0.4) is 0 Å². The summed E-state index contributed by atoms with van der Waals surface area (Å²) in [6.07, 6.45) is -1.37. The van der Waals surface area contributed by atoms with Crippen LogP contribution in [0.15, 0.2) is 22.7 Å². The average Bonchev–Trinajstić information content (AvgIpc) is 2.71. The second kappa shape index (κ2) is 5.39. The molecule has 0 aliphatic carbocycles. The summed E-state index contributed by atoms with van der Waals surface area (Å²) in [5.74, 6) is 0.524. The number of benzene rings is 1. The zero-order chi connectivity index (χ0) is 12.4. The lowest BCUT2D eigenvalue weighted by Crippen LogP contribution is -2.19. The van der Waals surface area contributed by atoms with E-state index in [9.17, 15) is 10.2 Å². The molecule has 0 bridgehead atoms. The summed E-state index contributed by atoms with van der Waals surface area (Å²) >= 11 is 7.39. The van der Waals surface area contributed by atoms with Crippen LogP contribution in [0.2, 0.25) is 0 Å². The lowest BCUT2D eigenvalue weighted by molar-refractivity contribution is 0.0155. The van der Waals surface area contributed by atoms with Crippen molar-refractivity contribution in [3.05, 3.63) is 28.4 Å². The Morgan fingerprint density at radius 1 is 1.41 bits per heavy atom. The number of thiol groups is 1. The number of rotatable bonds is 4. The summed E-state index contributed by atoms with van der Waals surface area (Å²) in [4.78, 5) is 0. The van der Waals surface area contributed by atoms with Gasteiger partial charge in [0.05, 0.1) is 17.3 Å². The Hall–Kier alpha value is -0.560. The van der Waals surface area contributed by atoms with Crippen molar-refractivity contribution >= 4 is 39.5 Å². The number of halogens is 1. The zero-order valence-corrected chi connectivity index (χ0v) is 11.4. The molecular formula is C11H13BrN2O2S. The van der Waals surface area contributed by atoms with Gasteiger partial charge in [0.25, 0.3) is 0 Å². The molecule has 2 unspecified atom stereocenters. The van der Waals surface area contributed by atoms with E-state index in [1.165, 1.54) is 0 Å². The van der Waals surface area contributed by atoms with Crippen molar-refractivity contribution in [3.8, 4) is 0 Å². The first kappa shape index (κ1) is 12.9. The second-order valence-corrected chi connectivity index (χ2v) is 5.19. The predicted octanol–water partition coefficient (Wildman–Crippen LogP) is 2.04. The maximum Gasteiger partial charge on any atom is 0.122 e. The Morgan fingerprint density at radius 2 is 2.18 bits per heavy atom. The predicted molar refractivity (Wildman–Crippen MR) is 73.2 cm³/mol. The van der Waals surface area contributed by atoms with Crippen LogP contribution in [0.4, 0.5) is 0 Å². The fraction of sp³-hybridized carbons (Fsp3) is 0.364. The van der Waals surface area contributed by atoms with Crippen LogP contribution in [0, 0.1) is 0 Å². The first-order valence-corrected chi connectivity index (χ1v) is 6.66. The molecule has 0 aliphatic rings. The number of nitrogens with one attached hydrogen (secondary N) is 1. The lowest BCUT2D eigenvalue weighted by Gasteiger charge is -2.15. The van der Waals surface area contributed by atoms with E-state index in [2.05, 4.69) is 38.8 Å². The van der Waals surface area contributed by atoms with Gasteiger partial charge in [-0.1, -0.05) is 15.9 Å². The number of aliphatic hydroxyl groups excluding tert-OH is 2. The molecule has 0 saturated carbocycles. The highest BCUT2D eigenvalue weighted by Crippen LogP contribution is 2.27. The number of nitrogens with zero attached hydrogens (tertiary/aromatic N) is 1. The highest BCUT2D eigenvalue weighted by atomic mass is 79.9. The van der Waals surface area contributed by atoms with E-state index in [-0.39, 0.29) is 0 Å². The minimum absolute atomic E-state index is 0.432. The highest BCUT2D eigenvalue weighted by molar-refractivity contribution is 9.10. The number of aliphatic hydroxyl groups is 2. The number of hydrogen-bond acceptors (Lipinski definition) is 4. The van der Waals surface area contributed by atoms with E-state index >= 15 is 0 Å². The largest absolute Gasteiger partial charge is 0.390 e. The monoisotopic (exact) mass is 316 g/mol. The third-order valence-corrected chi connectivity index (χ3v) is 3.38. The molecule has 17 heavy (non-hydrogen) atoms. The summed E-state index contributed by atoms with van der Waals surface area (Å²) in [5.41, 5.74) is 1.30. The Labute approximate surface area is 113 Å². The molecule has 2 rings (SSSR count). The molecule has 0 radical (unpaired) electrons. The van der Waals surface area contributed by atoms with Gasteiger partial charge in [-0.2, -0.15) is 17.7 Å². The van der Waals surface area contributed by atoms with Gasteiger partial charge in [-0.15, -0.1) is 0 Å². The van der Waals surface area contributed by atoms with Gasteiger partial charge < -0.3 is 10.2 Å². The normalized spacial score (nSPS) is 15.1. The van der Waals surface area contributed by atoms with Crippen molar-refractivity contribution in [1.82, 2.24) is 10.2 Å². The van der Waals surface area contributed by atoms with Crippen LogP contribution in [0.25, 0.3) is 10.9 Å². The van der Waals surface area contributed by atoms with Crippen molar-refractivity contribution in [2.75, 3.05) is 5.75 Å². The summed E-state index contributed by atoms with van der Waals surface area (Å²) < 4.78 is 0.924. The molecule has 1 aromatic carbocycles. The van der Waals surface area contributed by atoms with E-state index < -0.39 is 12.2 Å². The third-order valence-electron chi connectivity index (χ3n) is 2.63. The number of hydrogen-bond donors (Lipinski definition) is 4. The Kier molecular flexibility index (Phi) is 4.09. The molecule has 0 fully saturated rings. The minimum Gasteiger partial charge on any atom is -0.390 e. The average molecular weight is 317 g/mol. The van der Waals surface area contributed by atoms with Crippen molar-refractivity contribution in [2.45, 2.75) is 18.6 Å². The first-order chi connectivity index (χ1) is 8.13. The van der Waals surface area contributed by atoms with Crippen LogP contribution in [-0.4, -0.2) is 32.3 Å². The van der Waals surface area contributed by atoms with Crippen LogP contribution < -0.4 is 0 Å². The number of aromatic nitrogens is 2. The Balaban J connectivity index is 2.35. The van der Waals surface area contributed by atoms with Gasteiger partial charge in [-0.25, -0.2) is 0 Å². The third kappa shape index (κ3) is 2.65. The summed E-state index contributed by atoms with van der Waals surface area (Å²) in [5, 5.41) is 27.4. The molecule has 1 aromatic heterocycles. The summed E-state index contributed by atoms with van der Waals surface area (Å²) in [7, 11) is 0. The van der Waals surface area contributed by atoms with Crippen molar-refractivity contribution < 1.29 is 10.2 Å². The van der Waals surface area contributed by atoms with Gasteiger partial charge in [0.15, 0.2) is 0 Å². The standard InChI is InChI=1S/C11H13BrN2O2S/c12-6-1-2-7-8(5-6)13-14-10(7)11(16)9(15)3-4-17/h1-2,5,9,11,15-17H,3-4H2,(H,13,14). The maximum absolute atomic E-state index is 10.0. The molecule has 6 heteroatoms. The molecule has 4 nitrogen and oxygen atoms in total. The molecule has 0 saturated heterocycles. The van der Waals surface area contributed by atoms with Crippen molar-refractivity contribution in [2.24, 2.45) is 0 Å². The topological polar surface area (TPSA) is 69.1 Å². The Bertz CT molecular complexity index is 517. The van der Waals surface area contributed by atoms with Gasteiger partial charge in [0, 0.05) is 9.86 Å². The highest BCUT2D eigenvalue weighted by Gasteiger charge is 2.21. The summed E-state index contributed by atoms with van der Waals surface area (Å²) in [6.45, 7) is 0.